The Hall–Kier alpha value is -2.83. The van der Waals surface area contributed by atoms with E-state index in [-0.39, 0.29) is 22.8 Å². The average molecular weight is 275 g/mol. The number of hydrogen-bond donors (Lipinski definition) is 0. The highest BCUT2D eigenvalue weighted by Gasteiger charge is 2.28. The molecule has 0 unspecified atom stereocenters. The Kier molecular flexibility index (Phi) is 2.86. The lowest BCUT2D eigenvalue weighted by Gasteiger charge is -2.18. The van der Waals surface area contributed by atoms with Gasteiger partial charge >= 0.3 is 0 Å². The Balaban J connectivity index is 2.13. The van der Waals surface area contributed by atoms with Crippen LogP contribution in [-0.2, 0) is 0 Å². The van der Waals surface area contributed by atoms with E-state index in [4.69, 9.17) is 13.9 Å². The first-order valence-corrected chi connectivity index (χ1v) is 5.83. The molecular formula is C13H9NO6. The van der Waals surface area contributed by atoms with Gasteiger partial charge in [-0.1, -0.05) is 0 Å². The van der Waals surface area contributed by atoms with Crippen LogP contribution in [0.2, 0.25) is 0 Å². The van der Waals surface area contributed by atoms with Crippen LogP contribution in [0.15, 0.2) is 34.9 Å². The number of nitro groups is 1. The van der Waals surface area contributed by atoms with Crippen molar-refractivity contribution in [3.8, 4) is 11.5 Å². The van der Waals surface area contributed by atoms with Gasteiger partial charge in [-0.3, -0.25) is 14.9 Å². The molecule has 0 amide bonds. The molecule has 0 spiro atoms. The summed E-state index contributed by atoms with van der Waals surface area (Å²) in [4.78, 5) is 22.7. The van der Waals surface area contributed by atoms with Crippen molar-refractivity contribution in [2.45, 2.75) is 0 Å². The number of nitro benzene ring substituents is 1. The van der Waals surface area contributed by atoms with E-state index in [1.807, 2.05) is 0 Å². The summed E-state index contributed by atoms with van der Waals surface area (Å²) in [5.74, 6) is 0.0409. The van der Waals surface area contributed by atoms with Crippen molar-refractivity contribution in [2.24, 2.45) is 0 Å². The first-order chi connectivity index (χ1) is 9.66. The maximum absolute atomic E-state index is 12.2. The molecule has 2 aromatic rings. The molecule has 20 heavy (non-hydrogen) atoms. The van der Waals surface area contributed by atoms with Crippen LogP contribution in [0.25, 0.3) is 0 Å². The summed E-state index contributed by atoms with van der Waals surface area (Å²) in [7, 11) is 0. The number of carbonyl (C=O) groups excluding carboxylic acids is 1. The highest BCUT2D eigenvalue weighted by molar-refractivity contribution is 6.10. The Morgan fingerprint density at radius 3 is 2.50 bits per heavy atom. The third-order valence-electron chi connectivity index (χ3n) is 2.85. The number of ether oxygens (including phenoxy) is 2. The first kappa shape index (κ1) is 12.2. The van der Waals surface area contributed by atoms with Gasteiger partial charge in [-0.15, -0.1) is 0 Å². The maximum atomic E-state index is 12.2. The van der Waals surface area contributed by atoms with Gasteiger partial charge in [0.15, 0.2) is 17.3 Å². The van der Waals surface area contributed by atoms with E-state index in [2.05, 4.69) is 0 Å². The van der Waals surface area contributed by atoms with Gasteiger partial charge in [0.05, 0.1) is 17.3 Å². The van der Waals surface area contributed by atoms with Gasteiger partial charge in [0.25, 0.3) is 5.69 Å². The summed E-state index contributed by atoms with van der Waals surface area (Å²) >= 11 is 0. The molecule has 1 aliphatic rings. The maximum Gasteiger partial charge on any atom is 0.284 e. The number of nitrogens with zero attached hydrogens (tertiary/aromatic N) is 1. The lowest BCUT2D eigenvalue weighted by molar-refractivity contribution is -0.385. The van der Waals surface area contributed by atoms with Crippen molar-refractivity contribution >= 4 is 11.5 Å². The van der Waals surface area contributed by atoms with Gasteiger partial charge in [0.2, 0.25) is 5.78 Å². The smallest absolute Gasteiger partial charge is 0.284 e. The molecule has 0 atom stereocenters. The number of fused-ring (bicyclic) bond motifs is 1. The van der Waals surface area contributed by atoms with Crippen molar-refractivity contribution in [2.75, 3.05) is 13.2 Å². The van der Waals surface area contributed by atoms with Gasteiger partial charge in [0, 0.05) is 6.07 Å². The highest BCUT2D eigenvalue weighted by atomic mass is 16.6. The van der Waals surface area contributed by atoms with Gasteiger partial charge in [-0.25, -0.2) is 0 Å². The molecule has 0 fully saturated rings. The molecule has 7 heteroatoms. The summed E-state index contributed by atoms with van der Waals surface area (Å²) in [6.07, 6.45) is 1.33. The summed E-state index contributed by atoms with van der Waals surface area (Å²) in [6, 6.07) is 5.50. The zero-order valence-corrected chi connectivity index (χ0v) is 10.2. The van der Waals surface area contributed by atoms with E-state index < -0.39 is 10.7 Å². The van der Waals surface area contributed by atoms with Gasteiger partial charge in [-0.05, 0) is 12.1 Å². The van der Waals surface area contributed by atoms with Gasteiger partial charge in [0.1, 0.15) is 18.8 Å². The molecule has 2 heterocycles. The molecule has 0 N–H and O–H groups in total. The van der Waals surface area contributed by atoms with E-state index in [9.17, 15) is 14.9 Å². The molecule has 1 aliphatic heterocycles. The van der Waals surface area contributed by atoms with Crippen LogP contribution in [0.5, 0.6) is 11.5 Å². The molecule has 0 aliphatic carbocycles. The van der Waals surface area contributed by atoms with Crippen LogP contribution in [0.1, 0.15) is 16.1 Å². The third kappa shape index (κ3) is 1.99. The summed E-state index contributed by atoms with van der Waals surface area (Å²) in [5.41, 5.74) is -0.426. The predicted molar refractivity (Wildman–Crippen MR) is 66.2 cm³/mol. The number of carbonyl (C=O) groups is 1. The van der Waals surface area contributed by atoms with E-state index in [0.717, 1.165) is 0 Å². The Bertz CT molecular complexity index is 676. The molecule has 7 nitrogen and oxygen atoms in total. The second-order valence-corrected chi connectivity index (χ2v) is 4.08. The molecule has 1 aromatic carbocycles. The molecule has 0 saturated heterocycles. The van der Waals surface area contributed by atoms with E-state index >= 15 is 0 Å². The Morgan fingerprint density at radius 1 is 1.20 bits per heavy atom. The minimum atomic E-state index is -0.631. The van der Waals surface area contributed by atoms with E-state index in [0.29, 0.717) is 19.0 Å². The van der Waals surface area contributed by atoms with Crippen LogP contribution in [0.3, 0.4) is 0 Å². The second-order valence-electron chi connectivity index (χ2n) is 4.08. The van der Waals surface area contributed by atoms with Crippen LogP contribution in [-0.4, -0.2) is 23.9 Å². The lowest BCUT2D eigenvalue weighted by Crippen LogP contribution is -2.16. The largest absolute Gasteiger partial charge is 0.486 e. The zero-order chi connectivity index (χ0) is 14.1. The Labute approximate surface area is 112 Å². The number of ketones is 1. The topological polar surface area (TPSA) is 91.8 Å². The van der Waals surface area contributed by atoms with E-state index in [1.165, 1.54) is 30.5 Å². The van der Waals surface area contributed by atoms with E-state index in [1.54, 1.807) is 0 Å². The SMILES string of the molecule is O=C(c1ccco1)c1cc2c(cc1[N+](=O)[O-])OCCO2. The molecule has 3 rings (SSSR count). The van der Waals surface area contributed by atoms with Crippen LogP contribution >= 0.6 is 0 Å². The molecular weight excluding hydrogens is 266 g/mol. The number of rotatable bonds is 3. The molecule has 1 aromatic heterocycles. The minimum Gasteiger partial charge on any atom is -0.486 e. The van der Waals surface area contributed by atoms with Crippen LogP contribution in [0, 0.1) is 10.1 Å². The van der Waals surface area contributed by atoms with Crippen molar-refractivity contribution in [1.29, 1.82) is 0 Å². The summed E-state index contributed by atoms with van der Waals surface area (Å²) in [5, 5.41) is 11.1. The zero-order valence-electron chi connectivity index (χ0n) is 10.2. The lowest BCUT2D eigenvalue weighted by atomic mass is 10.1. The number of hydrogen-bond acceptors (Lipinski definition) is 6. The predicted octanol–water partition coefficient (Wildman–Crippen LogP) is 2.19. The van der Waals surface area contributed by atoms with Gasteiger partial charge in [-0.2, -0.15) is 0 Å². The third-order valence-corrected chi connectivity index (χ3v) is 2.85. The van der Waals surface area contributed by atoms with Crippen LogP contribution < -0.4 is 9.47 Å². The second kappa shape index (κ2) is 4.69. The molecule has 0 saturated carbocycles. The normalized spacial score (nSPS) is 13.0. The standard InChI is InChI=1S/C13H9NO6/c15-13(10-2-1-3-18-10)8-6-11-12(20-5-4-19-11)7-9(8)14(16)17/h1-3,6-7H,4-5H2. The summed E-state index contributed by atoms with van der Waals surface area (Å²) < 4.78 is 15.6. The summed E-state index contributed by atoms with van der Waals surface area (Å²) in [6.45, 7) is 0.648. The molecule has 0 radical (unpaired) electrons. The first-order valence-electron chi connectivity index (χ1n) is 5.83. The van der Waals surface area contributed by atoms with Crippen LogP contribution in [0.4, 0.5) is 5.69 Å². The van der Waals surface area contributed by atoms with Crippen molar-refractivity contribution in [3.05, 3.63) is 52.0 Å². The monoisotopic (exact) mass is 275 g/mol. The van der Waals surface area contributed by atoms with Crippen molar-refractivity contribution in [3.63, 3.8) is 0 Å². The number of benzene rings is 1. The minimum absolute atomic E-state index is 0.0322. The van der Waals surface area contributed by atoms with Crippen molar-refractivity contribution in [1.82, 2.24) is 0 Å². The Morgan fingerprint density at radius 2 is 1.90 bits per heavy atom. The molecule has 102 valence electrons. The average Bonchev–Trinajstić information content (AvgIpc) is 2.99. The quantitative estimate of drug-likeness (QED) is 0.484. The fraction of sp³-hybridized carbons (Fsp3) is 0.154. The fourth-order valence-electron chi connectivity index (χ4n) is 1.95. The van der Waals surface area contributed by atoms with Crippen molar-refractivity contribution < 1.29 is 23.6 Å². The highest BCUT2D eigenvalue weighted by Crippen LogP contribution is 2.37. The molecule has 0 bridgehead atoms. The fourth-order valence-corrected chi connectivity index (χ4v) is 1.95. The van der Waals surface area contributed by atoms with Gasteiger partial charge < -0.3 is 13.9 Å². The number of furan rings is 1.